The van der Waals surface area contributed by atoms with E-state index in [1.54, 1.807) is 0 Å². The first kappa shape index (κ1) is 18.3. The van der Waals surface area contributed by atoms with Gasteiger partial charge in [-0.2, -0.15) is 0 Å². The summed E-state index contributed by atoms with van der Waals surface area (Å²) in [5.74, 6) is 0.121. The third-order valence-corrected chi connectivity index (χ3v) is 4.97. The van der Waals surface area contributed by atoms with Crippen LogP contribution in [0.2, 0.25) is 0 Å². The highest BCUT2D eigenvalue weighted by molar-refractivity contribution is 9.10. The lowest BCUT2D eigenvalue weighted by molar-refractivity contribution is -0.384. The molecule has 1 aromatic heterocycles. The standard InChI is InChI=1S/C17H12BrN3O4S/c1-10-3-2-4-11(7-10)16-19-20-17(25-16)26-9-15(22)13-8-12(21(23)24)5-6-14(13)18/h2-8H,9H2,1H3. The molecule has 0 saturated heterocycles. The largest absolute Gasteiger partial charge is 0.411 e. The van der Waals surface area contributed by atoms with Crippen molar-refractivity contribution in [1.82, 2.24) is 10.2 Å². The molecule has 0 aliphatic heterocycles. The van der Waals surface area contributed by atoms with Crippen molar-refractivity contribution < 1.29 is 14.1 Å². The highest BCUT2D eigenvalue weighted by Gasteiger charge is 2.17. The van der Waals surface area contributed by atoms with Gasteiger partial charge >= 0.3 is 0 Å². The fourth-order valence-electron chi connectivity index (χ4n) is 2.21. The molecule has 7 nitrogen and oxygen atoms in total. The van der Waals surface area contributed by atoms with Crippen molar-refractivity contribution in [3.05, 3.63) is 68.2 Å². The molecule has 132 valence electrons. The Bertz CT molecular complexity index is 990. The number of carbonyl (C=O) groups is 1. The molecule has 0 fully saturated rings. The van der Waals surface area contributed by atoms with Crippen molar-refractivity contribution in [2.75, 3.05) is 5.75 Å². The normalized spacial score (nSPS) is 10.7. The van der Waals surface area contributed by atoms with E-state index in [0.717, 1.165) is 22.9 Å². The van der Waals surface area contributed by atoms with Gasteiger partial charge in [0.2, 0.25) is 5.89 Å². The van der Waals surface area contributed by atoms with Crippen LogP contribution >= 0.6 is 27.7 Å². The Balaban J connectivity index is 1.71. The molecule has 0 N–H and O–H groups in total. The van der Waals surface area contributed by atoms with Crippen LogP contribution in [0.1, 0.15) is 15.9 Å². The number of halogens is 1. The summed E-state index contributed by atoms with van der Waals surface area (Å²) in [6.07, 6.45) is 0. The Morgan fingerprint density at radius 2 is 2.08 bits per heavy atom. The van der Waals surface area contributed by atoms with E-state index >= 15 is 0 Å². The van der Waals surface area contributed by atoms with Gasteiger partial charge in [0, 0.05) is 27.7 Å². The maximum atomic E-state index is 12.4. The zero-order chi connectivity index (χ0) is 18.7. The van der Waals surface area contributed by atoms with Gasteiger partial charge in [-0.25, -0.2) is 0 Å². The molecule has 3 rings (SSSR count). The molecule has 0 spiro atoms. The van der Waals surface area contributed by atoms with E-state index in [-0.39, 0.29) is 28.0 Å². The molecule has 0 radical (unpaired) electrons. The second-order valence-electron chi connectivity index (χ2n) is 5.38. The quantitative estimate of drug-likeness (QED) is 0.240. The number of nitrogens with zero attached hydrogens (tertiary/aromatic N) is 3. The van der Waals surface area contributed by atoms with Gasteiger partial charge in [-0.3, -0.25) is 14.9 Å². The number of aromatic nitrogens is 2. The molecule has 0 atom stereocenters. The smallest absolute Gasteiger partial charge is 0.277 e. The molecular formula is C17H12BrN3O4S. The molecule has 0 saturated carbocycles. The molecule has 0 unspecified atom stereocenters. The van der Waals surface area contributed by atoms with Crippen LogP contribution < -0.4 is 0 Å². The first-order valence-electron chi connectivity index (χ1n) is 7.44. The van der Waals surface area contributed by atoms with Crippen molar-refractivity contribution in [2.45, 2.75) is 12.1 Å². The van der Waals surface area contributed by atoms with Gasteiger partial charge in [0.05, 0.1) is 10.7 Å². The SMILES string of the molecule is Cc1cccc(-c2nnc(SCC(=O)c3cc([N+](=O)[O-])ccc3Br)o2)c1. The molecule has 9 heteroatoms. The predicted molar refractivity (Wildman–Crippen MR) is 100 cm³/mol. The molecule has 0 bridgehead atoms. The van der Waals surface area contributed by atoms with Gasteiger partial charge < -0.3 is 4.42 Å². The molecular weight excluding hydrogens is 422 g/mol. The van der Waals surface area contributed by atoms with Crippen molar-refractivity contribution in [1.29, 1.82) is 0 Å². The number of Topliss-reactive ketones (excluding diaryl/α,β-unsaturated/α-hetero) is 1. The van der Waals surface area contributed by atoms with E-state index in [2.05, 4.69) is 26.1 Å². The summed E-state index contributed by atoms with van der Waals surface area (Å²) in [7, 11) is 0. The van der Waals surface area contributed by atoms with E-state index in [0.29, 0.717) is 10.4 Å². The molecule has 0 aliphatic carbocycles. The topological polar surface area (TPSA) is 99.1 Å². The lowest BCUT2D eigenvalue weighted by atomic mass is 10.1. The summed E-state index contributed by atoms with van der Waals surface area (Å²) in [4.78, 5) is 22.7. The second kappa shape index (κ2) is 7.79. The number of nitro benzene ring substituents is 1. The third-order valence-electron chi connectivity index (χ3n) is 3.46. The Kier molecular flexibility index (Phi) is 5.48. The molecule has 0 amide bonds. The average Bonchev–Trinajstić information content (AvgIpc) is 3.09. The number of non-ortho nitro benzene ring substituents is 1. The summed E-state index contributed by atoms with van der Waals surface area (Å²) in [5.41, 5.74) is 1.98. The van der Waals surface area contributed by atoms with Crippen LogP contribution in [0.3, 0.4) is 0 Å². The summed E-state index contributed by atoms with van der Waals surface area (Å²) in [5, 5.41) is 19.0. The predicted octanol–water partition coefficient (Wildman–Crippen LogP) is 4.69. The molecule has 3 aromatic rings. The zero-order valence-electron chi connectivity index (χ0n) is 13.5. The van der Waals surface area contributed by atoms with Crippen molar-refractivity contribution in [3.63, 3.8) is 0 Å². The number of ketones is 1. The molecule has 2 aromatic carbocycles. The van der Waals surface area contributed by atoms with Gasteiger partial charge in [-0.05, 0) is 25.1 Å². The lowest BCUT2D eigenvalue weighted by Gasteiger charge is -2.02. The molecule has 0 aliphatic rings. The first-order valence-corrected chi connectivity index (χ1v) is 9.22. The molecule has 26 heavy (non-hydrogen) atoms. The number of nitro groups is 1. The Morgan fingerprint density at radius 3 is 2.81 bits per heavy atom. The zero-order valence-corrected chi connectivity index (χ0v) is 15.9. The van der Waals surface area contributed by atoms with Gasteiger partial charge in [-0.15, -0.1) is 10.2 Å². The highest BCUT2D eigenvalue weighted by atomic mass is 79.9. The Hall–Kier alpha value is -2.52. The maximum absolute atomic E-state index is 12.4. The number of aryl methyl sites for hydroxylation is 1. The Morgan fingerprint density at radius 1 is 1.27 bits per heavy atom. The van der Waals surface area contributed by atoms with Gasteiger partial charge in [0.25, 0.3) is 10.9 Å². The van der Waals surface area contributed by atoms with Crippen molar-refractivity contribution >= 4 is 39.2 Å². The minimum atomic E-state index is -0.539. The van der Waals surface area contributed by atoms with Crippen LogP contribution in [-0.4, -0.2) is 26.7 Å². The van der Waals surface area contributed by atoms with Crippen molar-refractivity contribution in [2.24, 2.45) is 0 Å². The number of hydrogen-bond donors (Lipinski definition) is 0. The number of carbonyl (C=O) groups excluding carboxylic acids is 1. The Labute approximate surface area is 161 Å². The highest BCUT2D eigenvalue weighted by Crippen LogP contribution is 2.27. The minimum Gasteiger partial charge on any atom is -0.411 e. The number of rotatable bonds is 6. The van der Waals surface area contributed by atoms with Crippen molar-refractivity contribution in [3.8, 4) is 11.5 Å². The average molecular weight is 434 g/mol. The van der Waals surface area contributed by atoms with Crippen LogP contribution in [0.5, 0.6) is 0 Å². The third kappa shape index (κ3) is 4.17. The monoisotopic (exact) mass is 433 g/mol. The number of benzene rings is 2. The van der Waals surface area contributed by atoms with Crippen LogP contribution in [-0.2, 0) is 0 Å². The van der Waals surface area contributed by atoms with Crippen LogP contribution in [0.15, 0.2) is 56.6 Å². The summed E-state index contributed by atoms with van der Waals surface area (Å²) in [6, 6.07) is 11.7. The van der Waals surface area contributed by atoms with Gasteiger partial charge in [0.1, 0.15) is 0 Å². The first-order chi connectivity index (χ1) is 12.4. The molecule has 1 heterocycles. The van der Waals surface area contributed by atoms with E-state index in [1.165, 1.54) is 18.2 Å². The van der Waals surface area contributed by atoms with Gasteiger partial charge in [0.15, 0.2) is 5.78 Å². The van der Waals surface area contributed by atoms with E-state index < -0.39 is 4.92 Å². The fraction of sp³-hybridized carbons (Fsp3) is 0.118. The van der Waals surface area contributed by atoms with Crippen LogP contribution in [0, 0.1) is 17.0 Å². The summed E-state index contributed by atoms with van der Waals surface area (Å²) >= 11 is 4.33. The van der Waals surface area contributed by atoms with Gasteiger partial charge in [-0.1, -0.05) is 45.4 Å². The number of hydrogen-bond acceptors (Lipinski definition) is 7. The lowest BCUT2D eigenvalue weighted by Crippen LogP contribution is -2.04. The minimum absolute atomic E-state index is 0.0230. The summed E-state index contributed by atoms with van der Waals surface area (Å²) in [6.45, 7) is 1.96. The number of thioether (sulfide) groups is 1. The second-order valence-corrected chi connectivity index (χ2v) is 7.16. The van der Waals surface area contributed by atoms with Crippen LogP contribution in [0.25, 0.3) is 11.5 Å². The van der Waals surface area contributed by atoms with Crippen LogP contribution in [0.4, 0.5) is 5.69 Å². The van der Waals surface area contributed by atoms with E-state index in [1.807, 2.05) is 31.2 Å². The summed E-state index contributed by atoms with van der Waals surface area (Å²) < 4.78 is 6.07. The maximum Gasteiger partial charge on any atom is 0.277 e. The van der Waals surface area contributed by atoms with E-state index in [4.69, 9.17) is 4.42 Å². The van der Waals surface area contributed by atoms with E-state index in [9.17, 15) is 14.9 Å². The fourth-order valence-corrected chi connectivity index (χ4v) is 3.32.